The van der Waals surface area contributed by atoms with Gasteiger partial charge in [0.15, 0.2) is 0 Å². The fraction of sp³-hybridized carbons (Fsp3) is 0.562. The first-order chi connectivity index (χ1) is 10.2. The maximum atomic E-state index is 11.1. The number of hydrogen-bond donors (Lipinski definition) is 2. The Balaban J connectivity index is 1.60. The predicted octanol–water partition coefficient (Wildman–Crippen LogP) is 0.244. The third-order valence-corrected chi connectivity index (χ3v) is 4.10. The predicted molar refractivity (Wildman–Crippen MR) is 80.6 cm³/mol. The van der Waals surface area contributed by atoms with Gasteiger partial charge in [-0.25, -0.2) is 0 Å². The number of carbonyl (C=O) groups excluding carboxylic acids is 1. The maximum Gasteiger partial charge on any atom is 0.220 e. The van der Waals surface area contributed by atoms with Crippen molar-refractivity contribution in [2.24, 2.45) is 11.7 Å². The Morgan fingerprint density at radius 1 is 1.24 bits per heavy atom. The van der Waals surface area contributed by atoms with Crippen LogP contribution in [0.4, 0.5) is 0 Å². The van der Waals surface area contributed by atoms with Crippen LogP contribution < -0.4 is 20.1 Å². The molecule has 1 fully saturated rings. The second-order valence-electron chi connectivity index (χ2n) is 5.55. The minimum Gasteiger partial charge on any atom is -0.497 e. The molecule has 0 bridgehead atoms. The summed E-state index contributed by atoms with van der Waals surface area (Å²) in [6.45, 7) is 3.88. The minimum absolute atomic E-state index is 0.0873. The number of benzene rings is 1. The average molecular weight is 293 g/mol. The van der Waals surface area contributed by atoms with Crippen LogP contribution in [-0.4, -0.2) is 39.3 Å². The Bertz CT molecular complexity index is 439. The van der Waals surface area contributed by atoms with Crippen molar-refractivity contribution in [3.05, 3.63) is 24.3 Å². The molecule has 0 aromatic heterocycles. The first kappa shape index (κ1) is 15.6. The molecular weight excluding hydrogens is 268 g/mol. The van der Waals surface area contributed by atoms with Gasteiger partial charge in [-0.1, -0.05) is 0 Å². The average Bonchev–Trinajstić information content (AvgIpc) is 2.52. The van der Waals surface area contributed by atoms with E-state index in [0.29, 0.717) is 0 Å². The summed E-state index contributed by atoms with van der Waals surface area (Å²) in [6, 6.07) is 7.64. The lowest BCUT2D eigenvalue weighted by Crippen LogP contribution is -3.13. The van der Waals surface area contributed by atoms with Crippen LogP contribution in [0.15, 0.2) is 24.3 Å². The van der Waals surface area contributed by atoms with Crippen LogP contribution in [0.5, 0.6) is 11.5 Å². The summed E-state index contributed by atoms with van der Waals surface area (Å²) in [5, 5.41) is 0. The second-order valence-corrected chi connectivity index (χ2v) is 5.55. The molecule has 0 radical (unpaired) electrons. The number of nitrogens with two attached hydrogens (primary N) is 1. The quantitative estimate of drug-likeness (QED) is 0.708. The van der Waals surface area contributed by atoms with E-state index < -0.39 is 0 Å². The SMILES string of the molecule is COc1ccc(OCCC[NH+]2CCC(C(N)=O)CC2)cc1. The number of piperidine rings is 1. The number of amides is 1. The first-order valence-corrected chi connectivity index (χ1v) is 7.59. The third-order valence-electron chi connectivity index (χ3n) is 4.10. The molecule has 0 saturated carbocycles. The van der Waals surface area contributed by atoms with Gasteiger partial charge in [0.2, 0.25) is 5.91 Å². The lowest BCUT2D eigenvalue weighted by Gasteiger charge is -2.27. The number of likely N-dealkylation sites (tertiary alicyclic amines) is 1. The Kier molecular flexibility index (Phi) is 5.87. The number of nitrogens with one attached hydrogen (secondary N) is 1. The molecule has 21 heavy (non-hydrogen) atoms. The standard InChI is InChI=1S/C16H24N2O3/c1-20-14-3-5-15(6-4-14)21-12-2-9-18-10-7-13(8-11-18)16(17)19/h3-6,13H,2,7-12H2,1H3,(H2,17,19)/p+1. The molecule has 2 rings (SSSR count). The minimum atomic E-state index is -0.142. The van der Waals surface area contributed by atoms with Crippen molar-refractivity contribution in [1.82, 2.24) is 0 Å². The van der Waals surface area contributed by atoms with Crippen LogP contribution >= 0.6 is 0 Å². The Hall–Kier alpha value is -1.75. The molecule has 1 aliphatic heterocycles. The molecule has 1 aliphatic rings. The van der Waals surface area contributed by atoms with Crippen LogP contribution in [-0.2, 0) is 4.79 Å². The molecule has 1 saturated heterocycles. The molecule has 1 aromatic rings. The molecule has 5 nitrogen and oxygen atoms in total. The van der Waals surface area contributed by atoms with Crippen molar-refractivity contribution in [3.8, 4) is 11.5 Å². The number of methoxy groups -OCH3 is 1. The number of primary amides is 1. The molecule has 1 amide bonds. The zero-order chi connectivity index (χ0) is 15.1. The summed E-state index contributed by atoms with van der Waals surface area (Å²) >= 11 is 0. The molecular formula is C16H25N2O3+. The summed E-state index contributed by atoms with van der Waals surface area (Å²) in [7, 11) is 1.65. The van der Waals surface area contributed by atoms with Gasteiger partial charge in [-0.3, -0.25) is 4.79 Å². The number of carbonyl (C=O) groups is 1. The summed E-state index contributed by atoms with van der Waals surface area (Å²) < 4.78 is 10.8. The molecule has 0 aliphatic carbocycles. The Morgan fingerprint density at radius 2 is 1.86 bits per heavy atom. The summed E-state index contributed by atoms with van der Waals surface area (Å²) in [5.41, 5.74) is 5.34. The third kappa shape index (κ3) is 4.93. The van der Waals surface area contributed by atoms with Gasteiger partial charge in [0.1, 0.15) is 11.5 Å². The van der Waals surface area contributed by atoms with Gasteiger partial charge in [-0.2, -0.15) is 0 Å². The highest BCUT2D eigenvalue weighted by molar-refractivity contribution is 5.76. The molecule has 3 N–H and O–H groups in total. The van der Waals surface area contributed by atoms with Gasteiger partial charge in [0.25, 0.3) is 0 Å². The van der Waals surface area contributed by atoms with Crippen molar-refractivity contribution < 1.29 is 19.2 Å². The summed E-state index contributed by atoms with van der Waals surface area (Å²) in [6.07, 6.45) is 2.86. The highest BCUT2D eigenvalue weighted by Gasteiger charge is 2.25. The van der Waals surface area contributed by atoms with E-state index in [2.05, 4.69) is 0 Å². The monoisotopic (exact) mass is 293 g/mol. The van der Waals surface area contributed by atoms with Crippen LogP contribution in [0, 0.1) is 5.92 Å². The van der Waals surface area contributed by atoms with Gasteiger partial charge >= 0.3 is 0 Å². The fourth-order valence-corrected chi connectivity index (χ4v) is 2.74. The van der Waals surface area contributed by atoms with Crippen LogP contribution in [0.2, 0.25) is 0 Å². The first-order valence-electron chi connectivity index (χ1n) is 7.59. The number of ether oxygens (including phenoxy) is 2. The van der Waals surface area contributed by atoms with Crippen molar-refractivity contribution in [2.75, 3.05) is 33.4 Å². The van der Waals surface area contributed by atoms with E-state index in [9.17, 15) is 4.79 Å². The van der Waals surface area contributed by atoms with Crippen LogP contribution in [0.1, 0.15) is 19.3 Å². The molecule has 0 spiro atoms. The molecule has 5 heteroatoms. The highest BCUT2D eigenvalue weighted by atomic mass is 16.5. The normalized spacial score (nSPS) is 21.8. The Labute approximate surface area is 126 Å². The number of rotatable bonds is 7. The number of quaternary nitrogens is 1. The van der Waals surface area contributed by atoms with Gasteiger partial charge in [-0.15, -0.1) is 0 Å². The smallest absolute Gasteiger partial charge is 0.220 e. The molecule has 1 heterocycles. The maximum absolute atomic E-state index is 11.1. The molecule has 0 unspecified atom stereocenters. The van der Waals surface area contributed by atoms with Crippen molar-refractivity contribution in [2.45, 2.75) is 19.3 Å². The van der Waals surface area contributed by atoms with Crippen molar-refractivity contribution in [1.29, 1.82) is 0 Å². The van der Waals surface area contributed by atoms with Gasteiger partial charge < -0.3 is 20.1 Å². The van der Waals surface area contributed by atoms with E-state index in [1.165, 1.54) is 0 Å². The van der Waals surface area contributed by atoms with E-state index in [0.717, 1.165) is 57.0 Å². The van der Waals surface area contributed by atoms with E-state index in [4.69, 9.17) is 15.2 Å². The highest BCUT2D eigenvalue weighted by Crippen LogP contribution is 2.16. The zero-order valence-electron chi connectivity index (χ0n) is 12.6. The number of hydrogen-bond acceptors (Lipinski definition) is 3. The zero-order valence-corrected chi connectivity index (χ0v) is 12.6. The van der Waals surface area contributed by atoms with Gasteiger partial charge in [-0.05, 0) is 24.3 Å². The van der Waals surface area contributed by atoms with E-state index in [1.807, 2.05) is 24.3 Å². The van der Waals surface area contributed by atoms with Crippen LogP contribution in [0.25, 0.3) is 0 Å². The molecule has 116 valence electrons. The lowest BCUT2D eigenvalue weighted by molar-refractivity contribution is -0.906. The fourth-order valence-electron chi connectivity index (χ4n) is 2.74. The summed E-state index contributed by atoms with van der Waals surface area (Å²) in [4.78, 5) is 12.7. The Morgan fingerprint density at radius 3 is 2.43 bits per heavy atom. The van der Waals surface area contributed by atoms with E-state index >= 15 is 0 Å². The van der Waals surface area contributed by atoms with Gasteiger partial charge in [0, 0.05) is 25.2 Å². The topological polar surface area (TPSA) is 66.0 Å². The van der Waals surface area contributed by atoms with Crippen molar-refractivity contribution in [3.63, 3.8) is 0 Å². The van der Waals surface area contributed by atoms with E-state index in [1.54, 1.807) is 12.0 Å². The molecule has 0 atom stereocenters. The lowest BCUT2D eigenvalue weighted by atomic mass is 9.96. The van der Waals surface area contributed by atoms with Crippen molar-refractivity contribution >= 4 is 5.91 Å². The summed E-state index contributed by atoms with van der Waals surface area (Å²) in [5.74, 6) is 1.66. The largest absolute Gasteiger partial charge is 0.497 e. The molecule has 1 aromatic carbocycles. The van der Waals surface area contributed by atoms with Crippen LogP contribution in [0.3, 0.4) is 0 Å². The van der Waals surface area contributed by atoms with E-state index in [-0.39, 0.29) is 11.8 Å². The second kappa shape index (κ2) is 7.88. The van der Waals surface area contributed by atoms with Gasteiger partial charge in [0.05, 0.1) is 33.4 Å².